The molecule has 0 heterocycles. The molecule has 0 spiro atoms. The molecule has 0 aliphatic rings. The molecular formula is C24H24BrN3O3S. The van der Waals surface area contributed by atoms with Crippen LogP contribution in [0.2, 0.25) is 0 Å². The largest absolute Gasteiger partial charge is 0.271 e. The minimum atomic E-state index is -3.51. The first-order chi connectivity index (χ1) is 15.1. The maximum Gasteiger partial charge on any atom is 0.271 e. The van der Waals surface area contributed by atoms with Gasteiger partial charge in [0.2, 0.25) is 10.0 Å². The third-order valence-corrected chi connectivity index (χ3v) is 6.65. The van der Waals surface area contributed by atoms with Gasteiger partial charge in [-0.15, -0.1) is 0 Å². The van der Waals surface area contributed by atoms with Crippen molar-refractivity contribution in [2.45, 2.75) is 20.4 Å². The third kappa shape index (κ3) is 6.05. The molecule has 8 heteroatoms. The molecule has 0 fully saturated rings. The van der Waals surface area contributed by atoms with Gasteiger partial charge in [-0.25, -0.2) is 13.8 Å². The number of hydrogen-bond donors (Lipinski definition) is 1. The number of nitrogens with zero attached hydrogens (tertiary/aromatic N) is 2. The van der Waals surface area contributed by atoms with Gasteiger partial charge in [0.05, 0.1) is 24.2 Å². The number of rotatable bonds is 7. The van der Waals surface area contributed by atoms with Crippen molar-refractivity contribution in [3.05, 3.63) is 99.5 Å². The Morgan fingerprint density at radius 2 is 1.56 bits per heavy atom. The minimum absolute atomic E-state index is 0.216. The third-order valence-electron chi connectivity index (χ3n) is 4.98. The van der Waals surface area contributed by atoms with Crippen molar-refractivity contribution < 1.29 is 13.2 Å². The number of anilines is 1. The summed E-state index contributed by atoms with van der Waals surface area (Å²) < 4.78 is 27.1. The molecule has 0 radical (unpaired) electrons. The number of nitrogens with one attached hydrogen (secondary N) is 1. The van der Waals surface area contributed by atoms with E-state index in [4.69, 9.17) is 0 Å². The summed E-state index contributed by atoms with van der Waals surface area (Å²) in [5.41, 5.74) is 6.90. The molecule has 0 aliphatic carbocycles. The Balaban J connectivity index is 1.76. The molecule has 1 N–H and O–H groups in total. The Hall–Kier alpha value is -2.97. The van der Waals surface area contributed by atoms with Crippen LogP contribution >= 0.6 is 15.9 Å². The first-order valence-corrected chi connectivity index (χ1v) is 12.5. The summed E-state index contributed by atoms with van der Waals surface area (Å²) in [6, 6.07) is 21.7. The van der Waals surface area contributed by atoms with Crippen molar-refractivity contribution in [1.82, 2.24) is 5.43 Å². The highest BCUT2D eigenvalue weighted by Crippen LogP contribution is 2.22. The molecule has 32 heavy (non-hydrogen) atoms. The van der Waals surface area contributed by atoms with Crippen molar-refractivity contribution >= 4 is 43.3 Å². The number of aryl methyl sites for hydroxylation is 1. The second-order valence-corrected chi connectivity index (χ2v) is 10.2. The van der Waals surface area contributed by atoms with Crippen LogP contribution in [0.3, 0.4) is 0 Å². The van der Waals surface area contributed by atoms with Gasteiger partial charge in [-0.05, 0) is 66.9 Å². The number of benzene rings is 3. The van der Waals surface area contributed by atoms with E-state index in [0.717, 1.165) is 21.2 Å². The molecule has 3 rings (SSSR count). The second kappa shape index (κ2) is 10.1. The quantitative estimate of drug-likeness (QED) is 0.361. The molecule has 0 aliphatic heterocycles. The molecule has 0 atom stereocenters. The zero-order valence-corrected chi connectivity index (χ0v) is 20.4. The van der Waals surface area contributed by atoms with Crippen LogP contribution in [0.4, 0.5) is 5.69 Å². The van der Waals surface area contributed by atoms with Gasteiger partial charge in [-0.1, -0.05) is 52.3 Å². The van der Waals surface area contributed by atoms with E-state index in [9.17, 15) is 13.2 Å². The van der Waals surface area contributed by atoms with Crippen molar-refractivity contribution in [1.29, 1.82) is 0 Å². The SMILES string of the molecule is C/C(=N/NC(=O)c1ccc(N(Cc2ccccc2C)S(C)(=O)=O)cc1)c1ccc(Br)cc1. The summed E-state index contributed by atoms with van der Waals surface area (Å²) in [6.45, 7) is 3.97. The Labute approximate surface area is 197 Å². The lowest BCUT2D eigenvalue weighted by molar-refractivity contribution is 0.0955. The van der Waals surface area contributed by atoms with Gasteiger partial charge in [-0.2, -0.15) is 5.10 Å². The second-order valence-electron chi connectivity index (χ2n) is 7.39. The van der Waals surface area contributed by atoms with Crippen LogP contribution in [-0.4, -0.2) is 26.3 Å². The van der Waals surface area contributed by atoms with Gasteiger partial charge in [0.1, 0.15) is 0 Å². The molecule has 0 aromatic heterocycles. The van der Waals surface area contributed by atoms with Gasteiger partial charge in [0, 0.05) is 10.0 Å². The first kappa shape index (κ1) is 23.7. The summed E-state index contributed by atoms with van der Waals surface area (Å²) in [4.78, 5) is 12.5. The molecule has 0 saturated heterocycles. The highest BCUT2D eigenvalue weighted by atomic mass is 79.9. The van der Waals surface area contributed by atoms with Crippen LogP contribution in [0.15, 0.2) is 82.4 Å². The molecule has 0 bridgehead atoms. The van der Waals surface area contributed by atoms with E-state index < -0.39 is 10.0 Å². The van der Waals surface area contributed by atoms with Crippen LogP contribution < -0.4 is 9.73 Å². The molecule has 3 aromatic carbocycles. The Morgan fingerprint density at radius 1 is 0.969 bits per heavy atom. The lowest BCUT2D eigenvalue weighted by Gasteiger charge is -2.23. The number of amides is 1. The summed E-state index contributed by atoms with van der Waals surface area (Å²) in [5.74, 6) is -0.377. The topological polar surface area (TPSA) is 78.8 Å². The number of carbonyl (C=O) groups is 1. The molecule has 0 saturated carbocycles. The molecule has 166 valence electrons. The van der Waals surface area contributed by atoms with E-state index in [-0.39, 0.29) is 12.5 Å². The lowest BCUT2D eigenvalue weighted by atomic mass is 10.1. The zero-order valence-electron chi connectivity index (χ0n) is 18.0. The number of carbonyl (C=O) groups excluding carboxylic acids is 1. The summed E-state index contributed by atoms with van der Waals surface area (Å²) in [7, 11) is -3.51. The van der Waals surface area contributed by atoms with Crippen molar-refractivity contribution in [3.63, 3.8) is 0 Å². The average Bonchev–Trinajstić information content (AvgIpc) is 2.76. The van der Waals surface area contributed by atoms with Crippen LogP contribution in [-0.2, 0) is 16.6 Å². The van der Waals surface area contributed by atoms with Gasteiger partial charge >= 0.3 is 0 Å². The maximum absolute atomic E-state index is 12.5. The van der Waals surface area contributed by atoms with E-state index in [1.54, 1.807) is 24.3 Å². The van der Waals surface area contributed by atoms with Gasteiger partial charge < -0.3 is 0 Å². The fourth-order valence-corrected chi connectivity index (χ4v) is 4.22. The average molecular weight is 514 g/mol. The number of sulfonamides is 1. The predicted octanol–water partition coefficient (Wildman–Crippen LogP) is 4.88. The smallest absolute Gasteiger partial charge is 0.267 e. The molecular weight excluding hydrogens is 490 g/mol. The zero-order chi connectivity index (χ0) is 23.3. The van der Waals surface area contributed by atoms with E-state index in [0.29, 0.717) is 17.0 Å². The van der Waals surface area contributed by atoms with Crippen LogP contribution in [0.1, 0.15) is 34.0 Å². The highest BCUT2D eigenvalue weighted by molar-refractivity contribution is 9.10. The lowest BCUT2D eigenvalue weighted by Crippen LogP contribution is -2.29. The first-order valence-electron chi connectivity index (χ1n) is 9.88. The molecule has 0 unspecified atom stereocenters. The predicted molar refractivity (Wildman–Crippen MR) is 132 cm³/mol. The van der Waals surface area contributed by atoms with Crippen LogP contribution in [0, 0.1) is 6.92 Å². The van der Waals surface area contributed by atoms with E-state index >= 15 is 0 Å². The van der Waals surface area contributed by atoms with E-state index in [1.165, 1.54) is 10.6 Å². The summed E-state index contributed by atoms with van der Waals surface area (Å²) in [6.07, 6.45) is 1.17. The Kier molecular flexibility index (Phi) is 7.48. The Bertz CT molecular complexity index is 1240. The fourth-order valence-electron chi connectivity index (χ4n) is 3.08. The van der Waals surface area contributed by atoms with Crippen molar-refractivity contribution in [2.75, 3.05) is 10.6 Å². The minimum Gasteiger partial charge on any atom is -0.267 e. The summed E-state index contributed by atoms with van der Waals surface area (Å²) >= 11 is 3.39. The van der Waals surface area contributed by atoms with Crippen LogP contribution in [0.25, 0.3) is 0 Å². The normalized spacial score (nSPS) is 11.8. The van der Waals surface area contributed by atoms with Gasteiger partial charge in [0.25, 0.3) is 5.91 Å². The Morgan fingerprint density at radius 3 is 2.16 bits per heavy atom. The van der Waals surface area contributed by atoms with E-state index in [1.807, 2.05) is 62.4 Å². The number of halogens is 1. The molecule has 3 aromatic rings. The van der Waals surface area contributed by atoms with E-state index in [2.05, 4.69) is 26.5 Å². The molecule has 6 nitrogen and oxygen atoms in total. The number of hydrogen-bond acceptors (Lipinski definition) is 4. The van der Waals surface area contributed by atoms with Crippen molar-refractivity contribution in [2.24, 2.45) is 5.10 Å². The van der Waals surface area contributed by atoms with Gasteiger partial charge in [0.15, 0.2) is 0 Å². The van der Waals surface area contributed by atoms with Crippen LogP contribution in [0.5, 0.6) is 0 Å². The number of hydrazone groups is 1. The monoisotopic (exact) mass is 513 g/mol. The standard InChI is InChI=1S/C24H24BrN3O3S/c1-17-6-4-5-7-21(17)16-28(32(3,30)31)23-14-10-20(11-15-23)24(29)27-26-18(2)19-8-12-22(25)13-9-19/h4-15H,16H2,1-3H3,(H,27,29)/b26-18-. The fraction of sp³-hybridized carbons (Fsp3) is 0.167. The summed E-state index contributed by atoms with van der Waals surface area (Å²) in [5, 5.41) is 4.16. The maximum atomic E-state index is 12.5. The highest BCUT2D eigenvalue weighted by Gasteiger charge is 2.19. The van der Waals surface area contributed by atoms with Gasteiger partial charge in [-0.3, -0.25) is 9.10 Å². The molecule has 1 amide bonds. The van der Waals surface area contributed by atoms with Crippen molar-refractivity contribution in [3.8, 4) is 0 Å².